The molecule has 34 heavy (non-hydrogen) atoms. The van der Waals surface area contributed by atoms with Crippen LogP contribution < -0.4 is 5.32 Å². The largest absolute Gasteiger partial charge is 0.507 e. The number of esters is 1. The number of phenolic OH excluding ortho intramolecular Hbond substituents is 1. The van der Waals surface area contributed by atoms with E-state index in [9.17, 15) is 23.1 Å². The Morgan fingerprint density at radius 2 is 1.68 bits per heavy atom. The summed E-state index contributed by atoms with van der Waals surface area (Å²) in [5, 5.41) is 14.3. The number of carbonyl (C=O) groups is 2. The fourth-order valence-corrected chi connectivity index (χ4v) is 5.51. The smallest absolute Gasteiger partial charge is 0.342 e. The van der Waals surface area contributed by atoms with Crippen LogP contribution in [0, 0.1) is 0 Å². The molecular formula is C24H23ClN2O6S. The van der Waals surface area contributed by atoms with Gasteiger partial charge in [-0.1, -0.05) is 42.3 Å². The standard InChI is InChI=1S/C24H23ClN2O6S/c25-20-9-8-18(34(31,32)27-10-4-1-5-11-27)14-21(20)26-23(29)15-33-24(30)19-12-16-6-2-3-7-17(16)13-22(19)28/h2-3,6-9,12-14,28H,1,4-5,10-11,15H2,(H,26,29). The first kappa shape index (κ1) is 24.0. The van der Waals surface area contributed by atoms with Gasteiger partial charge in [-0.05, 0) is 53.9 Å². The van der Waals surface area contributed by atoms with Crippen LogP contribution in [0.25, 0.3) is 10.8 Å². The van der Waals surface area contributed by atoms with E-state index in [1.54, 1.807) is 18.2 Å². The molecule has 1 aliphatic rings. The number of aromatic hydroxyl groups is 1. The van der Waals surface area contributed by atoms with Crippen molar-refractivity contribution in [3.63, 3.8) is 0 Å². The highest BCUT2D eigenvalue weighted by Crippen LogP contribution is 2.29. The number of amides is 1. The molecule has 3 aromatic rings. The summed E-state index contributed by atoms with van der Waals surface area (Å²) >= 11 is 6.15. The summed E-state index contributed by atoms with van der Waals surface area (Å²) in [6.45, 7) is 0.249. The molecule has 4 rings (SSSR count). The number of halogens is 1. The molecule has 3 aromatic carbocycles. The molecule has 0 saturated carbocycles. The van der Waals surface area contributed by atoms with Gasteiger partial charge >= 0.3 is 5.97 Å². The Hall–Kier alpha value is -3.14. The molecule has 1 fully saturated rings. The Morgan fingerprint density at radius 1 is 1.00 bits per heavy atom. The molecule has 8 nitrogen and oxygen atoms in total. The topological polar surface area (TPSA) is 113 Å². The lowest BCUT2D eigenvalue weighted by molar-refractivity contribution is -0.119. The van der Waals surface area contributed by atoms with E-state index in [1.807, 2.05) is 6.07 Å². The first-order valence-electron chi connectivity index (χ1n) is 10.7. The zero-order chi connectivity index (χ0) is 24.3. The van der Waals surface area contributed by atoms with Gasteiger partial charge in [0.15, 0.2) is 6.61 Å². The molecular weight excluding hydrogens is 480 g/mol. The average Bonchev–Trinajstić information content (AvgIpc) is 2.84. The van der Waals surface area contributed by atoms with Crippen LogP contribution in [-0.4, -0.2) is 49.4 Å². The minimum absolute atomic E-state index is 0.0205. The number of rotatable bonds is 6. The number of carbonyl (C=O) groups excluding carboxylic acids is 2. The monoisotopic (exact) mass is 502 g/mol. The molecule has 1 amide bonds. The molecule has 10 heteroatoms. The average molecular weight is 503 g/mol. The van der Waals surface area contributed by atoms with Gasteiger partial charge in [-0.15, -0.1) is 0 Å². The molecule has 1 saturated heterocycles. The first-order chi connectivity index (χ1) is 16.3. The number of fused-ring (bicyclic) bond motifs is 1. The summed E-state index contributed by atoms with van der Waals surface area (Å²) in [4.78, 5) is 24.8. The highest BCUT2D eigenvalue weighted by Gasteiger charge is 2.26. The molecule has 1 heterocycles. The zero-order valence-corrected chi connectivity index (χ0v) is 19.7. The van der Waals surface area contributed by atoms with Crippen molar-refractivity contribution < 1.29 is 27.9 Å². The molecule has 0 unspecified atom stereocenters. The molecule has 0 radical (unpaired) electrons. The van der Waals surface area contributed by atoms with Crippen LogP contribution in [0.5, 0.6) is 5.75 Å². The van der Waals surface area contributed by atoms with Gasteiger partial charge in [0.05, 0.1) is 15.6 Å². The van der Waals surface area contributed by atoms with Gasteiger partial charge in [0, 0.05) is 13.1 Å². The van der Waals surface area contributed by atoms with E-state index in [2.05, 4.69) is 5.32 Å². The van der Waals surface area contributed by atoms with Gasteiger partial charge in [0.1, 0.15) is 11.3 Å². The predicted molar refractivity (Wildman–Crippen MR) is 129 cm³/mol. The Morgan fingerprint density at radius 3 is 2.38 bits per heavy atom. The third-order valence-electron chi connectivity index (χ3n) is 5.58. The van der Waals surface area contributed by atoms with Gasteiger partial charge in [-0.2, -0.15) is 4.31 Å². The van der Waals surface area contributed by atoms with E-state index in [-0.39, 0.29) is 26.9 Å². The number of hydrogen-bond acceptors (Lipinski definition) is 6. The summed E-state index contributed by atoms with van der Waals surface area (Å²) in [7, 11) is -3.71. The van der Waals surface area contributed by atoms with E-state index in [0.717, 1.165) is 30.0 Å². The van der Waals surface area contributed by atoms with Crippen LogP contribution in [0.15, 0.2) is 59.5 Å². The maximum Gasteiger partial charge on any atom is 0.342 e. The molecule has 0 bridgehead atoms. The number of sulfonamides is 1. The molecule has 0 atom stereocenters. The van der Waals surface area contributed by atoms with Crippen molar-refractivity contribution in [2.45, 2.75) is 24.2 Å². The number of anilines is 1. The Balaban J connectivity index is 1.43. The van der Waals surface area contributed by atoms with Crippen LogP contribution in [-0.2, 0) is 19.6 Å². The predicted octanol–water partition coefficient (Wildman–Crippen LogP) is 4.17. The van der Waals surface area contributed by atoms with Crippen LogP contribution >= 0.6 is 11.6 Å². The maximum absolute atomic E-state index is 12.9. The summed E-state index contributed by atoms with van der Waals surface area (Å²) in [6, 6.07) is 14.2. The van der Waals surface area contributed by atoms with Crippen LogP contribution in [0.2, 0.25) is 5.02 Å². The molecule has 2 N–H and O–H groups in total. The van der Waals surface area contributed by atoms with Crippen LogP contribution in [0.1, 0.15) is 29.6 Å². The van der Waals surface area contributed by atoms with E-state index in [1.165, 1.54) is 34.6 Å². The molecule has 178 valence electrons. The number of ether oxygens (including phenoxy) is 1. The summed E-state index contributed by atoms with van der Waals surface area (Å²) in [6.07, 6.45) is 2.59. The van der Waals surface area contributed by atoms with Crippen LogP contribution in [0.3, 0.4) is 0 Å². The lowest BCUT2D eigenvalue weighted by Crippen LogP contribution is -2.35. The van der Waals surface area contributed by atoms with Crippen molar-refractivity contribution in [3.8, 4) is 5.75 Å². The number of piperidine rings is 1. The van der Waals surface area contributed by atoms with Crippen molar-refractivity contribution in [3.05, 3.63) is 65.2 Å². The third-order valence-corrected chi connectivity index (χ3v) is 7.81. The maximum atomic E-state index is 12.9. The SMILES string of the molecule is O=C(COC(=O)c1cc2ccccc2cc1O)Nc1cc(S(=O)(=O)N2CCCCC2)ccc1Cl. The molecule has 0 aromatic heterocycles. The second-order valence-corrected chi connectivity index (χ2v) is 10.3. The fourth-order valence-electron chi connectivity index (χ4n) is 3.80. The van der Waals surface area contributed by atoms with Crippen molar-refractivity contribution in [1.82, 2.24) is 4.31 Å². The number of hydrogen-bond donors (Lipinski definition) is 2. The Labute approximate surface area is 202 Å². The van der Waals surface area contributed by atoms with Gasteiger partial charge in [0.25, 0.3) is 5.91 Å². The zero-order valence-electron chi connectivity index (χ0n) is 18.2. The fraction of sp³-hybridized carbons (Fsp3) is 0.250. The molecule has 0 aliphatic carbocycles. The van der Waals surface area contributed by atoms with Crippen LogP contribution in [0.4, 0.5) is 5.69 Å². The minimum Gasteiger partial charge on any atom is -0.507 e. The summed E-state index contributed by atoms with van der Waals surface area (Å²) < 4.78 is 32.3. The summed E-state index contributed by atoms with van der Waals surface area (Å²) in [5.41, 5.74) is 0.0218. The van der Waals surface area contributed by atoms with Crippen molar-refractivity contribution >= 4 is 50.0 Å². The van der Waals surface area contributed by atoms with Gasteiger partial charge in [-0.25, -0.2) is 13.2 Å². The normalized spacial score (nSPS) is 14.6. The molecule has 1 aliphatic heterocycles. The van der Waals surface area contributed by atoms with E-state index < -0.39 is 28.5 Å². The third kappa shape index (κ3) is 5.16. The second kappa shape index (κ2) is 10.0. The number of nitrogens with zero attached hydrogens (tertiary/aromatic N) is 1. The van der Waals surface area contributed by atoms with Gasteiger partial charge in [-0.3, -0.25) is 4.79 Å². The van der Waals surface area contributed by atoms with Crippen molar-refractivity contribution in [2.75, 3.05) is 25.0 Å². The minimum atomic E-state index is -3.71. The first-order valence-corrected chi connectivity index (χ1v) is 12.6. The highest BCUT2D eigenvalue weighted by atomic mass is 35.5. The van der Waals surface area contributed by atoms with E-state index in [4.69, 9.17) is 16.3 Å². The lowest BCUT2D eigenvalue weighted by Gasteiger charge is -2.26. The quantitative estimate of drug-likeness (QED) is 0.489. The van der Waals surface area contributed by atoms with E-state index >= 15 is 0 Å². The van der Waals surface area contributed by atoms with Crippen molar-refractivity contribution in [2.24, 2.45) is 0 Å². The van der Waals surface area contributed by atoms with Gasteiger partial charge in [0.2, 0.25) is 10.0 Å². The Kier molecular flexibility index (Phi) is 7.06. The second-order valence-electron chi connectivity index (χ2n) is 7.95. The Bertz CT molecular complexity index is 1350. The highest BCUT2D eigenvalue weighted by molar-refractivity contribution is 7.89. The number of phenols is 1. The summed E-state index contributed by atoms with van der Waals surface area (Å²) in [5.74, 6) is -1.84. The van der Waals surface area contributed by atoms with Crippen molar-refractivity contribution in [1.29, 1.82) is 0 Å². The van der Waals surface area contributed by atoms with Gasteiger partial charge < -0.3 is 15.2 Å². The lowest BCUT2D eigenvalue weighted by atomic mass is 10.1. The number of benzene rings is 3. The molecule has 0 spiro atoms. The van der Waals surface area contributed by atoms with E-state index in [0.29, 0.717) is 13.1 Å². The number of nitrogens with one attached hydrogen (secondary N) is 1.